The van der Waals surface area contributed by atoms with E-state index in [4.69, 9.17) is 9.84 Å². The van der Waals surface area contributed by atoms with Crippen molar-refractivity contribution in [2.45, 2.75) is 26.4 Å². The monoisotopic (exact) mass is 394 g/mol. The molecule has 0 bridgehead atoms. The van der Waals surface area contributed by atoms with Crippen LogP contribution < -0.4 is 5.32 Å². The topological polar surface area (TPSA) is 77.2 Å². The van der Waals surface area contributed by atoms with E-state index in [1.54, 1.807) is 17.1 Å². The van der Waals surface area contributed by atoms with Gasteiger partial charge in [-0.15, -0.1) is 0 Å². The predicted octanol–water partition coefficient (Wildman–Crippen LogP) is 2.89. The number of morpholine rings is 1. The van der Waals surface area contributed by atoms with Gasteiger partial charge in [-0.1, -0.05) is 30.3 Å². The van der Waals surface area contributed by atoms with Gasteiger partial charge in [0.2, 0.25) is 0 Å². The van der Waals surface area contributed by atoms with Crippen LogP contribution in [0.15, 0.2) is 42.7 Å². The number of hydrogen-bond acceptors (Lipinski definition) is 4. The molecule has 8 heteroatoms. The first kappa shape index (κ1) is 19.2. The van der Waals surface area contributed by atoms with Crippen LogP contribution in [-0.2, 0) is 18.3 Å². The maximum absolute atomic E-state index is 13.0. The van der Waals surface area contributed by atoms with Gasteiger partial charge >= 0.3 is 6.03 Å². The normalized spacial score (nSPS) is 16.8. The molecule has 0 aliphatic carbocycles. The summed E-state index contributed by atoms with van der Waals surface area (Å²) in [6.07, 6.45) is 3.42. The van der Waals surface area contributed by atoms with Crippen molar-refractivity contribution >= 4 is 11.7 Å². The van der Waals surface area contributed by atoms with Crippen LogP contribution in [-0.4, -0.2) is 50.3 Å². The summed E-state index contributed by atoms with van der Waals surface area (Å²) >= 11 is 0. The molecule has 1 aliphatic heterocycles. The Morgan fingerprint density at radius 2 is 2.07 bits per heavy atom. The minimum Gasteiger partial charge on any atom is -0.377 e. The van der Waals surface area contributed by atoms with Crippen molar-refractivity contribution in [3.05, 3.63) is 65.2 Å². The largest absolute Gasteiger partial charge is 0.377 e. The number of nitrogens with one attached hydrogen (secondary N) is 1. The van der Waals surface area contributed by atoms with Crippen molar-refractivity contribution in [1.82, 2.24) is 24.5 Å². The van der Waals surface area contributed by atoms with Crippen LogP contribution >= 0.6 is 0 Å². The van der Waals surface area contributed by atoms with Gasteiger partial charge in [0, 0.05) is 31.0 Å². The van der Waals surface area contributed by atoms with Crippen LogP contribution in [0.2, 0.25) is 0 Å². The van der Waals surface area contributed by atoms with E-state index in [0.717, 1.165) is 17.0 Å². The summed E-state index contributed by atoms with van der Waals surface area (Å²) in [5, 5.41) is 11.8. The fourth-order valence-corrected chi connectivity index (χ4v) is 3.87. The SMILES string of the molecule is Cc1nn(Cc2ccccc2)c(C)c1[C@@H]1COCCN1C(=O)Nc1cnn(C)c1. The van der Waals surface area contributed by atoms with Gasteiger partial charge in [0.15, 0.2) is 0 Å². The summed E-state index contributed by atoms with van der Waals surface area (Å²) in [7, 11) is 1.82. The molecule has 0 spiro atoms. The van der Waals surface area contributed by atoms with E-state index in [9.17, 15) is 4.79 Å². The summed E-state index contributed by atoms with van der Waals surface area (Å²) in [5.74, 6) is 0. The summed E-state index contributed by atoms with van der Waals surface area (Å²) in [4.78, 5) is 14.8. The van der Waals surface area contributed by atoms with Crippen LogP contribution in [0.4, 0.5) is 10.5 Å². The molecule has 0 radical (unpaired) electrons. The van der Waals surface area contributed by atoms with Gasteiger partial charge < -0.3 is 15.0 Å². The molecule has 2 aromatic heterocycles. The van der Waals surface area contributed by atoms with Gasteiger partial charge in [-0.3, -0.25) is 9.36 Å². The Labute approximate surface area is 170 Å². The second-order valence-electron chi connectivity index (χ2n) is 7.34. The van der Waals surface area contributed by atoms with Gasteiger partial charge in [0.25, 0.3) is 0 Å². The summed E-state index contributed by atoms with van der Waals surface area (Å²) in [5.41, 5.74) is 4.91. The van der Waals surface area contributed by atoms with E-state index in [1.165, 1.54) is 5.56 Å². The van der Waals surface area contributed by atoms with Crippen LogP contribution in [0, 0.1) is 13.8 Å². The number of carbonyl (C=O) groups excluding carboxylic acids is 1. The highest BCUT2D eigenvalue weighted by atomic mass is 16.5. The van der Waals surface area contributed by atoms with Crippen LogP contribution in [0.25, 0.3) is 0 Å². The van der Waals surface area contributed by atoms with E-state index < -0.39 is 0 Å². The number of anilines is 1. The molecule has 1 fully saturated rings. The molecule has 8 nitrogen and oxygen atoms in total. The Kier molecular flexibility index (Phi) is 5.35. The zero-order chi connectivity index (χ0) is 20.4. The van der Waals surface area contributed by atoms with Crippen molar-refractivity contribution in [3.8, 4) is 0 Å². The van der Waals surface area contributed by atoms with Crippen molar-refractivity contribution in [2.24, 2.45) is 7.05 Å². The number of amides is 2. The molecule has 29 heavy (non-hydrogen) atoms. The molecule has 1 aliphatic rings. The quantitative estimate of drug-likeness (QED) is 0.738. The van der Waals surface area contributed by atoms with Gasteiger partial charge in [-0.05, 0) is 19.4 Å². The van der Waals surface area contributed by atoms with Crippen LogP contribution in [0.5, 0.6) is 0 Å². The lowest BCUT2D eigenvalue weighted by Crippen LogP contribution is -2.45. The lowest BCUT2D eigenvalue weighted by Gasteiger charge is -2.35. The zero-order valence-corrected chi connectivity index (χ0v) is 17.0. The summed E-state index contributed by atoms with van der Waals surface area (Å²) in [6, 6.07) is 9.92. The second kappa shape index (κ2) is 8.08. The molecule has 3 heterocycles. The first-order chi connectivity index (χ1) is 14.0. The number of aromatic nitrogens is 4. The lowest BCUT2D eigenvalue weighted by molar-refractivity contribution is 0.0143. The number of rotatable bonds is 4. The maximum atomic E-state index is 13.0. The van der Waals surface area contributed by atoms with Crippen molar-refractivity contribution in [3.63, 3.8) is 0 Å². The molecular formula is C21H26N6O2. The molecule has 1 saturated heterocycles. The number of benzene rings is 1. The molecule has 2 amide bonds. The molecule has 1 atom stereocenters. The molecule has 0 unspecified atom stereocenters. The maximum Gasteiger partial charge on any atom is 0.322 e. The molecule has 0 saturated carbocycles. The average molecular weight is 394 g/mol. The Balaban J connectivity index is 1.58. The molecule has 1 N–H and O–H groups in total. The number of aryl methyl sites for hydroxylation is 2. The first-order valence-electron chi connectivity index (χ1n) is 9.75. The smallest absolute Gasteiger partial charge is 0.322 e. The summed E-state index contributed by atoms with van der Waals surface area (Å²) in [6.45, 7) is 6.26. The van der Waals surface area contributed by atoms with Crippen LogP contribution in [0.3, 0.4) is 0 Å². The summed E-state index contributed by atoms with van der Waals surface area (Å²) < 4.78 is 9.40. The van der Waals surface area contributed by atoms with Crippen LogP contribution in [0.1, 0.15) is 28.6 Å². The average Bonchev–Trinajstić information content (AvgIpc) is 3.24. The Bertz CT molecular complexity index is 994. The van der Waals surface area contributed by atoms with E-state index in [-0.39, 0.29) is 12.1 Å². The number of nitrogens with zero attached hydrogens (tertiary/aromatic N) is 5. The third-order valence-corrected chi connectivity index (χ3v) is 5.29. The Morgan fingerprint density at radius 3 is 2.79 bits per heavy atom. The third-order valence-electron chi connectivity index (χ3n) is 5.29. The Hall–Kier alpha value is -3.13. The van der Waals surface area contributed by atoms with E-state index >= 15 is 0 Å². The molecule has 3 aromatic rings. The highest BCUT2D eigenvalue weighted by Crippen LogP contribution is 2.30. The number of carbonyl (C=O) groups is 1. The Morgan fingerprint density at radius 1 is 1.28 bits per heavy atom. The standard InChI is InChI=1S/C21H26N6O2/c1-15-20(16(2)27(24-15)12-17-7-5-4-6-8-17)19-14-29-10-9-26(19)21(28)23-18-11-22-25(3)13-18/h4-8,11,13,19H,9-10,12,14H2,1-3H3,(H,23,28)/t19-/m0/s1. The number of hydrogen-bond donors (Lipinski definition) is 1. The minimum atomic E-state index is -0.176. The fourth-order valence-electron chi connectivity index (χ4n) is 3.87. The van der Waals surface area contributed by atoms with Gasteiger partial charge in [-0.25, -0.2) is 4.79 Å². The lowest BCUT2D eigenvalue weighted by atomic mass is 10.0. The highest BCUT2D eigenvalue weighted by Gasteiger charge is 2.33. The van der Waals surface area contributed by atoms with E-state index in [2.05, 4.69) is 29.5 Å². The van der Waals surface area contributed by atoms with Crippen molar-refractivity contribution in [1.29, 1.82) is 0 Å². The number of ether oxygens (including phenoxy) is 1. The zero-order valence-electron chi connectivity index (χ0n) is 17.0. The second-order valence-corrected chi connectivity index (χ2v) is 7.34. The molecular weight excluding hydrogens is 368 g/mol. The molecule has 4 rings (SSSR count). The molecule has 1 aromatic carbocycles. The minimum absolute atomic E-state index is 0.152. The predicted molar refractivity (Wildman–Crippen MR) is 110 cm³/mol. The fraction of sp³-hybridized carbons (Fsp3) is 0.381. The van der Waals surface area contributed by atoms with Gasteiger partial charge in [0.1, 0.15) is 0 Å². The van der Waals surface area contributed by atoms with E-state index in [0.29, 0.717) is 32.0 Å². The van der Waals surface area contributed by atoms with Gasteiger partial charge in [-0.2, -0.15) is 10.2 Å². The van der Waals surface area contributed by atoms with Gasteiger partial charge in [0.05, 0.1) is 43.4 Å². The third kappa shape index (κ3) is 4.02. The first-order valence-corrected chi connectivity index (χ1v) is 9.75. The van der Waals surface area contributed by atoms with Crippen molar-refractivity contribution in [2.75, 3.05) is 25.1 Å². The highest BCUT2D eigenvalue weighted by molar-refractivity contribution is 5.89. The number of urea groups is 1. The van der Waals surface area contributed by atoms with Crippen molar-refractivity contribution < 1.29 is 9.53 Å². The molecule has 152 valence electrons. The van der Waals surface area contributed by atoms with E-state index in [1.807, 2.05) is 41.8 Å².